The monoisotopic (exact) mass is 237 g/mol. The van der Waals surface area contributed by atoms with Crippen LogP contribution in [0.1, 0.15) is 32.5 Å². The van der Waals surface area contributed by atoms with Gasteiger partial charge in [-0.2, -0.15) is 10.1 Å². The van der Waals surface area contributed by atoms with Gasteiger partial charge in [0.15, 0.2) is 5.82 Å². The van der Waals surface area contributed by atoms with Gasteiger partial charge in [-0.15, -0.1) is 0 Å². The quantitative estimate of drug-likeness (QED) is 0.761. The molecule has 0 aliphatic heterocycles. The lowest BCUT2D eigenvalue weighted by molar-refractivity contribution is 0.340. The van der Waals surface area contributed by atoms with E-state index in [1.165, 1.54) is 15.6 Å². The molecule has 2 heterocycles. The minimum atomic E-state index is -0.338. The second kappa shape index (κ2) is 3.83. The zero-order valence-corrected chi connectivity index (χ0v) is 10.3. The molecule has 2 aromatic rings. The fourth-order valence-corrected chi connectivity index (χ4v) is 1.46. The number of rotatable bonds is 2. The van der Waals surface area contributed by atoms with E-state index in [0.717, 1.165) is 0 Å². The molecule has 0 aliphatic rings. The molecule has 0 unspecified atom stereocenters. The maximum Gasteiger partial charge on any atom is 0.346 e. The van der Waals surface area contributed by atoms with Crippen LogP contribution in [-0.4, -0.2) is 24.5 Å². The summed E-state index contributed by atoms with van der Waals surface area (Å²) in [6.45, 7) is 7.74. The molecule has 2 rings (SSSR count). The van der Waals surface area contributed by atoms with Crippen LogP contribution < -0.4 is 5.69 Å². The van der Waals surface area contributed by atoms with Crippen molar-refractivity contribution in [2.45, 2.75) is 39.8 Å². The average molecular weight is 237 g/mol. The van der Waals surface area contributed by atoms with Gasteiger partial charge in [0.25, 0.3) is 0 Å². The van der Waals surface area contributed by atoms with E-state index in [4.69, 9.17) is 4.52 Å². The molecule has 0 amide bonds. The summed E-state index contributed by atoms with van der Waals surface area (Å²) in [5, 5.41) is 7.81. The van der Waals surface area contributed by atoms with E-state index in [1.54, 1.807) is 6.92 Å². The van der Waals surface area contributed by atoms with Crippen LogP contribution in [0.25, 0.3) is 0 Å². The van der Waals surface area contributed by atoms with E-state index >= 15 is 0 Å². The third-order valence-corrected chi connectivity index (χ3v) is 2.25. The van der Waals surface area contributed by atoms with Gasteiger partial charge in [-0.3, -0.25) is 4.57 Å². The van der Waals surface area contributed by atoms with E-state index in [2.05, 4.69) is 15.2 Å². The summed E-state index contributed by atoms with van der Waals surface area (Å²) in [5.41, 5.74) is -0.518. The van der Waals surface area contributed by atoms with Crippen LogP contribution in [0, 0.1) is 6.92 Å². The van der Waals surface area contributed by atoms with Gasteiger partial charge in [-0.1, -0.05) is 5.16 Å². The lowest BCUT2D eigenvalue weighted by atomic mass is 10.1. The van der Waals surface area contributed by atoms with Crippen LogP contribution in [0.15, 0.2) is 15.6 Å². The van der Waals surface area contributed by atoms with Crippen molar-refractivity contribution in [3.05, 3.63) is 28.5 Å². The maximum atomic E-state index is 12.0. The molecule has 0 aromatic carbocycles. The summed E-state index contributed by atoms with van der Waals surface area (Å²) < 4.78 is 7.73. The van der Waals surface area contributed by atoms with Crippen LogP contribution in [0.4, 0.5) is 0 Å². The molecule has 0 radical (unpaired) electrons. The molecule has 0 aliphatic carbocycles. The first kappa shape index (κ1) is 11.6. The van der Waals surface area contributed by atoms with E-state index in [9.17, 15) is 4.79 Å². The Labute approximate surface area is 98.1 Å². The normalized spacial score (nSPS) is 12.0. The summed E-state index contributed by atoms with van der Waals surface area (Å²) >= 11 is 0. The van der Waals surface area contributed by atoms with Crippen LogP contribution in [0.2, 0.25) is 0 Å². The molecule has 7 heteroatoms. The van der Waals surface area contributed by atoms with Crippen LogP contribution in [0.5, 0.6) is 0 Å². The van der Waals surface area contributed by atoms with Gasteiger partial charge in [-0.05, 0) is 20.8 Å². The average Bonchev–Trinajstić information content (AvgIpc) is 2.74. The minimum Gasteiger partial charge on any atom is -0.340 e. The SMILES string of the molecule is Cc1nc(Cn2cnn(C(C)(C)C)c2=O)no1. The highest BCUT2D eigenvalue weighted by molar-refractivity contribution is 4.87. The molecular formula is C10H15N5O2. The van der Waals surface area contributed by atoms with E-state index in [-0.39, 0.29) is 17.8 Å². The number of hydrogen-bond donors (Lipinski definition) is 0. The van der Waals surface area contributed by atoms with Gasteiger partial charge in [0, 0.05) is 6.92 Å². The maximum absolute atomic E-state index is 12.0. The molecule has 7 nitrogen and oxygen atoms in total. The van der Waals surface area contributed by atoms with Gasteiger partial charge >= 0.3 is 5.69 Å². The topological polar surface area (TPSA) is 78.7 Å². The lowest BCUT2D eigenvalue weighted by Crippen LogP contribution is -2.36. The Morgan fingerprint density at radius 3 is 2.59 bits per heavy atom. The fourth-order valence-electron chi connectivity index (χ4n) is 1.46. The smallest absolute Gasteiger partial charge is 0.340 e. The standard InChI is InChI=1S/C10H15N5O2/c1-7-12-8(13-17-7)5-14-6-11-15(9(14)16)10(2,3)4/h6H,5H2,1-4H3. The molecule has 0 saturated carbocycles. The van der Waals surface area contributed by atoms with Crippen molar-refractivity contribution >= 4 is 0 Å². The van der Waals surface area contributed by atoms with E-state index in [1.807, 2.05) is 20.8 Å². The first-order valence-corrected chi connectivity index (χ1v) is 5.32. The van der Waals surface area contributed by atoms with Crippen molar-refractivity contribution in [1.29, 1.82) is 0 Å². The van der Waals surface area contributed by atoms with Crippen LogP contribution in [-0.2, 0) is 12.1 Å². The third-order valence-electron chi connectivity index (χ3n) is 2.25. The van der Waals surface area contributed by atoms with Crippen molar-refractivity contribution in [3.8, 4) is 0 Å². The summed E-state index contributed by atoms with van der Waals surface area (Å²) in [6, 6.07) is 0. The predicted octanol–water partition coefficient (Wildman–Crippen LogP) is 0.540. The number of aromatic nitrogens is 5. The summed E-state index contributed by atoms with van der Waals surface area (Å²) in [5.74, 6) is 0.953. The lowest BCUT2D eigenvalue weighted by Gasteiger charge is -2.16. The largest absolute Gasteiger partial charge is 0.346 e. The third kappa shape index (κ3) is 2.27. The van der Waals surface area contributed by atoms with E-state index in [0.29, 0.717) is 11.7 Å². The first-order valence-electron chi connectivity index (χ1n) is 5.32. The molecule has 2 aromatic heterocycles. The molecular weight excluding hydrogens is 222 g/mol. The van der Waals surface area contributed by atoms with E-state index < -0.39 is 0 Å². The van der Waals surface area contributed by atoms with Gasteiger partial charge < -0.3 is 4.52 Å². The molecule has 0 spiro atoms. The molecule has 0 bridgehead atoms. The number of nitrogens with zero attached hydrogens (tertiary/aromatic N) is 5. The first-order chi connectivity index (χ1) is 7.88. The second-order valence-electron chi connectivity index (χ2n) is 4.85. The number of aryl methyl sites for hydroxylation is 1. The van der Waals surface area contributed by atoms with Crippen molar-refractivity contribution in [3.63, 3.8) is 0 Å². The van der Waals surface area contributed by atoms with Crippen LogP contribution in [0.3, 0.4) is 0 Å². The molecule has 92 valence electrons. The Kier molecular flexibility index (Phi) is 2.60. The number of hydrogen-bond acceptors (Lipinski definition) is 5. The van der Waals surface area contributed by atoms with Gasteiger partial charge in [0.2, 0.25) is 5.89 Å². The molecule has 0 saturated heterocycles. The van der Waals surface area contributed by atoms with Crippen molar-refractivity contribution in [2.24, 2.45) is 0 Å². The van der Waals surface area contributed by atoms with Crippen molar-refractivity contribution in [1.82, 2.24) is 24.5 Å². The zero-order valence-electron chi connectivity index (χ0n) is 10.3. The van der Waals surface area contributed by atoms with Crippen molar-refractivity contribution in [2.75, 3.05) is 0 Å². The highest BCUT2D eigenvalue weighted by Gasteiger charge is 2.19. The summed E-state index contributed by atoms with van der Waals surface area (Å²) in [7, 11) is 0. The van der Waals surface area contributed by atoms with Crippen molar-refractivity contribution < 1.29 is 4.52 Å². The molecule has 17 heavy (non-hydrogen) atoms. The second-order valence-corrected chi connectivity index (χ2v) is 4.85. The highest BCUT2D eigenvalue weighted by atomic mass is 16.5. The molecule has 0 fully saturated rings. The Balaban J connectivity index is 2.30. The minimum absolute atomic E-state index is 0.181. The molecule has 0 atom stereocenters. The Morgan fingerprint density at radius 1 is 1.41 bits per heavy atom. The van der Waals surface area contributed by atoms with Gasteiger partial charge in [0.1, 0.15) is 6.33 Å². The van der Waals surface area contributed by atoms with Gasteiger partial charge in [0.05, 0.1) is 12.1 Å². The fraction of sp³-hybridized carbons (Fsp3) is 0.600. The summed E-state index contributed by atoms with van der Waals surface area (Å²) in [4.78, 5) is 16.0. The predicted molar refractivity (Wildman–Crippen MR) is 59.6 cm³/mol. The molecule has 0 N–H and O–H groups in total. The Bertz CT molecular complexity index is 572. The van der Waals surface area contributed by atoms with Crippen LogP contribution >= 0.6 is 0 Å². The van der Waals surface area contributed by atoms with Gasteiger partial charge in [-0.25, -0.2) is 9.48 Å². The Morgan fingerprint density at radius 2 is 2.12 bits per heavy atom. The zero-order chi connectivity index (χ0) is 12.6. The Hall–Kier alpha value is -1.92. The highest BCUT2D eigenvalue weighted by Crippen LogP contribution is 2.08. The summed E-state index contributed by atoms with van der Waals surface area (Å²) in [6.07, 6.45) is 1.49.